The van der Waals surface area contributed by atoms with Gasteiger partial charge >= 0.3 is 0 Å². The molecule has 0 amide bonds. The number of halogens is 1. The second-order valence-corrected chi connectivity index (χ2v) is 6.53. The first-order valence-corrected chi connectivity index (χ1v) is 7.42. The lowest BCUT2D eigenvalue weighted by Gasteiger charge is -2.01. The molecule has 0 aromatic carbocycles. The molecule has 3 rings (SSSR count). The van der Waals surface area contributed by atoms with Crippen molar-refractivity contribution >= 4 is 34.7 Å². The van der Waals surface area contributed by atoms with E-state index in [0.29, 0.717) is 11.1 Å². The highest BCUT2D eigenvalue weighted by Gasteiger charge is 2.27. The summed E-state index contributed by atoms with van der Waals surface area (Å²) in [5, 5.41) is 3.45. The minimum atomic E-state index is 0.520. The minimum Gasteiger partial charge on any atom is -0.235 e. The summed E-state index contributed by atoms with van der Waals surface area (Å²) in [5.74, 6) is 1.40. The van der Waals surface area contributed by atoms with Gasteiger partial charge in [0.25, 0.3) is 0 Å². The molecule has 6 heteroatoms. The molecule has 0 saturated heterocycles. The van der Waals surface area contributed by atoms with Crippen molar-refractivity contribution in [3.05, 3.63) is 28.1 Å². The Kier molecular flexibility index (Phi) is 3.06. The summed E-state index contributed by atoms with van der Waals surface area (Å²) in [6.07, 6.45) is 2.36. The fourth-order valence-electron chi connectivity index (χ4n) is 1.46. The topological polar surface area (TPSA) is 38.7 Å². The number of aromatic nitrogens is 3. The Morgan fingerprint density at radius 2 is 2.18 bits per heavy atom. The SMILES string of the molecule is Cc1csc(Sc2cc(Cl)nc(C3CC3)n2)n1. The summed E-state index contributed by atoms with van der Waals surface area (Å²) in [6, 6.07) is 1.80. The van der Waals surface area contributed by atoms with Crippen molar-refractivity contribution in [2.45, 2.75) is 35.0 Å². The van der Waals surface area contributed by atoms with E-state index in [0.717, 1.165) is 20.9 Å². The number of aryl methyl sites for hydroxylation is 1. The highest BCUT2D eigenvalue weighted by molar-refractivity contribution is 8.01. The number of rotatable bonds is 3. The molecule has 1 aliphatic carbocycles. The number of hydrogen-bond acceptors (Lipinski definition) is 5. The van der Waals surface area contributed by atoms with Crippen LogP contribution >= 0.6 is 34.7 Å². The first kappa shape index (κ1) is 11.4. The van der Waals surface area contributed by atoms with Gasteiger partial charge in [-0.2, -0.15) is 0 Å². The van der Waals surface area contributed by atoms with Crippen LogP contribution in [0.5, 0.6) is 0 Å². The lowest BCUT2D eigenvalue weighted by Crippen LogP contribution is -1.94. The van der Waals surface area contributed by atoms with E-state index in [4.69, 9.17) is 11.6 Å². The molecular formula is C11H10ClN3S2. The number of hydrogen-bond donors (Lipinski definition) is 0. The normalized spacial score (nSPS) is 15.2. The quantitative estimate of drug-likeness (QED) is 0.800. The van der Waals surface area contributed by atoms with Crippen LogP contribution in [0.2, 0.25) is 5.15 Å². The van der Waals surface area contributed by atoms with Crippen LogP contribution in [0.1, 0.15) is 30.3 Å². The molecule has 2 aromatic rings. The Morgan fingerprint density at radius 3 is 2.82 bits per heavy atom. The van der Waals surface area contributed by atoms with Crippen LogP contribution in [0.25, 0.3) is 0 Å². The van der Waals surface area contributed by atoms with Gasteiger partial charge in [-0.1, -0.05) is 11.6 Å². The van der Waals surface area contributed by atoms with Crippen LogP contribution in [-0.2, 0) is 0 Å². The molecule has 0 spiro atoms. The molecule has 17 heavy (non-hydrogen) atoms. The molecule has 0 atom stereocenters. The van der Waals surface area contributed by atoms with E-state index in [1.165, 1.54) is 12.8 Å². The van der Waals surface area contributed by atoms with E-state index < -0.39 is 0 Å². The lowest BCUT2D eigenvalue weighted by molar-refractivity contribution is 0.878. The van der Waals surface area contributed by atoms with Gasteiger partial charge in [0.15, 0.2) is 4.34 Å². The molecule has 0 aliphatic heterocycles. The van der Waals surface area contributed by atoms with Gasteiger partial charge in [-0.05, 0) is 31.5 Å². The second-order valence-electron chi connectivity index (χ2n) is 4.02. The van der Waals surface area contributed by atoms with E-state index in [1.54, 1.807) is 29.2 Å². The Bertz CT molecular complexity index is 551. The summed E-state index contributed by atoms with van der Waals surface area (Å²) in [6.45, 7) is 1.99. The molecule has 1 fully saturated rings. The van der Waals surface area contributed by atoms with E-state index >= 15 is 0 Å². The molecule has 0 unspecified atom stereocenters. The third-order valence-electron chi connectivity index (χ3n) is 2.42. The molecule has 0 bridgehead atoms. The first-order valence-electron chi connectivity index (χ1n) is 5.35. The second kappa shape index (κ2) is 4.55. The molecule has 88 valence electrons. The lowest BCUT2D eigenvalue weighted by atomic mass is 10.4. The van der Waals surface area contributed by atoms with Crippen LogP contribution < -0.4 is 0 Å². The molecule has 3 nitrogen and oxygen atoms in total. The van der Waals surface area contributed by atoms with Crippen molar-refractivity contribution in [1.82, 2.24) is 15.0 Å². The summed E-state index contributed by atoms with van der Waals surface area (Å²) >= 11 is 9.19. The largest absolute Gasteiger partial charge is 0.235 e. The van der Waals surface area contributed by atoms with Gasteiger partial charge in [0.05, 0.1) is 0 Å². The monoisotopic (exact) mass is 283 g/mol. The maximum Gasteiger partial charge on any atom is 0.156 e. The van der Waals surface area contributed by atoms with Crippen molar-refractivity contribution in [1.29, 1.82) is 0 Å². The van der Waals surface area contributed by atoms with Gasteiger partial charge in [-0.3, -0.25) is 0 Å². The predicted octanol–water partition coefficient (Wildman–Crippen LogP) is 3.92. The fraction of sp³-hybridized carbons (Fsp3) is 0.364. The van der Waals surface area contributed by atoms with Crippen molar-refractivity contribution in [3.8, 4) is 0 Å². The first-order chi connectivity index (χ1) is 8.20. The summed E-state index contributed by atoms with van der Waals surface area (Å²) < 4.78 is 0.999. The van der Waals surface area contributed by atoms with E-state index in [2.05, 4.69) is 15.0 Å². The third kappa shape index (κ3) is 2.78. The summed E-state index contributed by atoms with van der Waals surface area (Å²) in [7, 11) is 0. The zero-order valence-corrected chi connectivity index (χ0v) is 11.6. The molecule has 0 radical (unpaired) electrons. The predicted molar refractivity (Wildman–Crippen MR) is 70.0 cm³/mol. The zero-order valence-electron chi connectivity index (χ0n) is 9.18. The molecule has 0 N–H and O–H groups in total. The van der Waals surface area contributed by atoms with Gasteiger partial charge in [0, 0.05) is 23.1 Å². The average Bonchev–Trinajstić information content (AvgIpc) is 3.03. The Balaban J connectivity index is 1.86. The molecule has 1 aliphatic rings. The minimum absolute atomic E-state index is 0.520. The highest BCUT2D eigenvalue weighted by atomic mass is 35.5. The van der Waals surface area contributed by atoms with Crippen molar-refractivity contribution in [2.75, 3.05) is 0 Å². The van der Waals surface area contributed by atoms with E-state index in [9.17, 15) is 0 Å². The summed E-state index contributed by atoms with van der Waals surface area (Å²) in [5.41, 5.74) is 1.04. The van der Waals surface area contributed by atoms with Crippen molar-refractivity contribution in [2.24, 2.45) is 0 Å². The smallest absolute Gasteiger partial charge is 0.156 e. The van der Waals surface area contributed by atoms with Gasteiger partial charge in [0.2, 0.25) is 0 Å². The van der Waals surface area contributed by atoms with Gasteiger partial charge in [-0.15, -0.1) is 11.3 Å². The highest BCUT2D eigenvalue weighted by Crippen LogP contribution is 2.39. The Hall–Kier alpha value is -0.650. The Morgan fingerprint density at radius 1 is 1.35 bits per heavy atom. The van der Waals surface area contributed by atoms with E-state index in [1.807, 2.05) is 12.3 Å². The number of thiazole rings is 1. The van der Waals surface area contributed by atoms with Crippen molar-refractivity contribution < 1.29 is 0 Å². The van der Waals surface area contributed by atoms with Crippen molar-refractivity contribution in [3.63, 3.8) is 0 Å². The van der Waals surface area contributed by atoms with E-state index in [-0.39, 0.29) is 0 Å². The van der Waals surface area contributed by atoms with Crippen LogP contribution in [0.3, 0.4) is 0 Å². The molecular weight excluding hydrogens is 274 g/mol. The maximum absolute atomic E-state index is 6.01. The van der Waals surface area contributed by atoms with Crippen LogP contribution in [0, 0.1) is 6.92 Å². The van der Waals surface area contributed by atoms with Gasteiger partial charge in [0.1, 0.15) is 16.0 Å². The summed E-state index contributed by atoms with van der Waals surface area (Å²) in [4.78, 5) is 13.2. The molecule has 1 saturated carbocycles. The Labute approximate surface area is 113 Å². The van der Waals surface area contributed by atoms with Gasteiger partial charge in [-0.25, -0.2) is 15.0 Å². The standard InChI is InChI=1S/C11H10ClN3S2/c1-6-5-16-11(13-6)17-9-4-8(12)14-10(15-9)7-2-3-7/h4-5,7H,2-3H2,1H3. The van der Waals surface area contributed by atoms with Crippen LogP contribution in [0.4, 0.5) is 0 Å². The number of nitrogens with zero attached hydrogens (tertiary/aromatic N) is 3. The average molecular weight is 284 g/mol. The third-order valence-corrected chi connectivity index (χ3v) is 4.59. The molecule has 2 heterocycles. The van der Waals surface area contributed by atoms with Crippen LogP contribution in [-0.4, -0.2) is 15.0 Å². The maximum atomic E-state index is 6.01. The van der Waals surface area contributed by atoms with Gasteiger partial charge < -0.3 is 0 Å². The molecule has 2 aromatic heterocycles. The fourth-order valence-corrected chi connectivity index (χ4v) is 3.51. The zero-order chi connectivity index (χ0) is 11.8. The van der Waals surface area contributed by atoms with Crippen LogP contribution in [0.15, 0.2) is 20.8 Å².